The van der Waals surface area contributed by atoms with Crippen molar-refractivity contribution >= 4 is 7.26 Å². The summed E-state index contributed by atoms with van der Waals surface area (Å²) in [6, 6.07) is 0. The van der Waals surface area contributed by atoms with Gasteiger partial charge in [-0.3, -0.25) is 0 Å². The van der Waals surface area contributed by atoms with E-state index in [1.807, 2.05) is 0 Å². The lowest BCUT2D eigenvalue weighted by molar-refractivity contribution is 0.656. The van der Waals surface area contributed by atoms with Crippen molar-refractivity contribution in [3.05, 3.63) is 0 Å². The summed E-state index contributed by atoms with van der Waals surface area (Å²) in [5.41, 5.74) is 0. The highest BCUT2D eigenvalue weighted by Gasteiger charge is 2.32. The Hall–Kier alpha value is 0.430. The molecule has 0 heterocycles. The molecule has 98 valence electrons. The second kappa shape index (κ2) is 10.6. The molecule has 16 heavy (non-hydrogen) atoms. The van der Waals surface area contributed by atoms with Crippen LogP contribution in [-0.4, -0.2) is 24.6 Å². The fraction of sp³-hybridized carbons (Fsp3) is 1.00. The highest BCUT2D eigenvalue weighted by Crippen LogP contribution is 2.59. The summed E-state index contributed by atoms with van der Waals surface area (Å²) in [6.45, 7) is 9.50. The molecule has 0 saturated heterocycles. The zero-order valence-corrected chi connectivity index (χ0v) is 13.1. The smallest absolute Gasteiger partial charge is 0.0594 e. The van der Waals surface area contributed by atoms with Crippen LogP contribution in [0, 0.1) is 0 Å². The molecule has 0 rings (SSSR count). The van der Waals surface area contributed by atoms with Gasteiger partial charge in [-0.25, -0.2) is 0 Å². The van der Waals surface area contributed by atoms with Crippen molar-refractivity contribution in [3.8, 4) is 0 Å². The first-order valence-electron chi connectivity index (χ1n) is 7.59. The Labute approximate surface area is 105 Å². The second-order valence-electron chi connectivity index (χ2n) is 5.24. The van der Waals surface area contributed by atoms with Gasteiger partial charge in [-0.2, -0.15) is 0 Å². The van der Waals surface area contributed by atoms with Crippen molar-refractivity contribution in [2.45, 2.75) is 72.6 Å². The minimum absolute atomic E-state index is 0.526. The number of hydrogen-bond acceptors (Lipinski definition) is 0. The van der Waals surface area contributed by atoms with Crippen molar-refractivity contribution in [1.29, 1.82) is 0 Å². The quantitative estimate of drug-likeness (QED) is 0.318. The first kappa shape index (κ1) is 16.4. The minimum Gasteiger partial charge on any atom is -0.0654 e. The second-order valence-corrected chi connectivity index (χ2v) is 9.90. The lowest BCUT2D eigenvalue weighted by Gasteiger charge is -2.25. The normalized spacial score (nSPS) is 12.0. The van der Waals surface area contributed by atoms with Crippen molar-refractivity contribution in [3.63, 3.8) is 0 Å². The standard InChI is InChI=1S/C15H34P/c1-5-9-10-11-12-15-16(8-4,13-6-2)14-7-3/h5-15H2,1-4H3/q+1. The van der Waals surface area contributed by atoms with Crippen molar-refractivity contribution < 1.29 is 0 Å². The van der Waals surface area contributed by atoms with Crippen LogP contribution in [0.5, 0.6) is 0 Å². The van der Waals surface area contributed by atoms with Gasteiger partial charge in [0.05, 0.1) is 24.6 Å². The third kappa shape index (κ3) is 6.89. The predicted molar refractivity (Wildman–Crippen MR) is 81.4 cm³/mol. The van der Waals surface area contributed by atoms with Gasteiger partial charge in [0, 0.05) is 7.26 Å². The molecule has 0 aromatic heterocycles. The molecule has 0 saturated carbocycles. The van der Waals surface area contributed by atoms with Crippen LogP contribution >= 0.6 is 7.26 Å². The van der Waals surface area contributed by atoms with E-state index in [0.717, 1.165) is 0 Å². The zero-order valence-electron chi connectivity index (χ0n) is 12.2. The van der Waals surface area contributed by atoms with E-state index < -0.39 is 7.26 Å². The molecule has 0 aliphatic heterocycles. The van der Waals surface area contributed by atoms with Crippen molar-refractivity contribution in [1.82, 2.24) is 0 Å². The van der Waals surface area contributed by atoms with Crippen LogP contribution in [0.2, 0.25) is 0 Å². The fourth-order valence-corrected chi connectivity index (χ4v) is 7.22. The van der Waals surface area contributed by atoms with Gasteiger partial charge in [0.2, 0.25) is 0 Å². The summed E-state index contributed by atoms with van der Waals surface area (Å²) in [7, 11) is -0.526. The molecule has 0 atom stereocenters. The molecule has 0 nitrogen and oxygen atoms in total. The molecule has 0 radical (unpaired) electrons. The molecule has 1 heteroatoms. The summed E-state index contributed by atoms with van der Waals surface area (Å²) >= 11 is 0. The first-order valence-corrected chi connectivity index (χ1v) is 10.1. The van der Waals surface area contributed by atoms with E-state index in [1.54, 1.807) is 18.5 Å². The average molecular weight is 245 g/mol. The van der Waals surface area contributed by atoms with Crippen LogP contribution in [0.3, 0.4) is 0 Å². The van der Waals surface area contributed by atoms with Gasteiger partial charge in [-0.1, -0.05) is 40.0 Å². The number of unbranched alkanes of at least 4 members (excludes halogenated alkanes) is 4. The SMILES string of the molecule is CCCCCCC[P+](CC)(CCC)CCC. The van der Waals surface area contributed by atoms with E-state index in [0.29, 0.717) is 0 Å². The summed E-state index contributed by atoms with van der Waals surface area (Å²) in [5, 5.41) is 0. The van der Waals surface area contributed by atoms with Crippen LogP contribution in [0.4, 0.5) is 0 Å². The Kier molecular flexibility index (Phi) is 10.9. The lowest BCUT2D eigenvalue weighted by atomic mass is 10.2. The van der Waals surface area contributed by atoms with Crippen LogP contribution in [0.25, 0.3) is 0 Å². The van der Waals surface area contributed by atoms with Crippen LogP contribution in [-0.2, 0) is 0 Å². The lowest BCUT2D eigenvalue weighted by Crippen LogP contribution is -2.10. The number of hydrogen-bond donors (Lipinski definition) is 0. The maximum absolute atomic E-state index is 2.45. The molecule has 0 aliphatic rings. The van der Waals surface area contributed by atoms with E-state index in [4.69, 9.17) is 0 Å². The predicted octanol–water partition coefficient (Wildman–Crippen LogP) is 5.81. The Balaban J connectivity index is 3.89. The molecule has 0 aromatic rings. The average Bonchev–Trinajstić information content (AvgIpc) is 2.29. The highest BCUT2D eigenvalue weighted by molar-refractivity contribution is 7.75. The first-order chi connectivity index (χ1) is 7.74. The molecule has 0 amide bonds. The third-order valence-corrected chi connectivity index (χ3v) is 9.20. The molecular formula is C15H34P+. The van der Waals surface area contributed by atoms with Gasteiger partial charge in [0.1, 0.15) is 0 Å². The Bertz CT molecular complexity index is 136. The third-order valence-electron chi connectivity index (χ3n) is 3.80. The molecular weight excluding hydrogens is 211 g/mol. The Morgan fingerprint density at radius 2 is 1.12 bits per heavy atom. The monoisotopic (exact) mass is 245 g/mol. The Morgan fingerprint density at radius 3 is 1.56 bits per heavy atom. The molecule has 0 unspecified atom stereocenters. The van der Waals surface area contributed by atoms with Gasteiger partial charge >= 0.3 is 0 Å². The van der Waals surface area contributed by atoms with Gasteiger partial charge in [-0.05, 0) is 32.6 Å². The molecule has 0 aromatic carbocycles. The summed E-state index contributed by atoms with van der Waals surface area (Å²) < 4.78 is 0. The van der Waals surface area contributed by atoms with E-state index in [1.165, 1.54) is 51.1 Å². The largest absolute Gasteiger partial charge is 0.0654 e. The van der Waals surface area contributed by atoms with Crippen molar-refractivity contribution in [2.24, 2.45) is 0 Å². The van der Waals surface area contributed by atoms with E-state index in [9.17, 15) is 0 Å². The number of rotatable bonds is 11. The summed E-state index contributed by atoms with van der Waals surface area (Å²) in [6.07, 6.45) is 16.3. The summed E-state index contributed by atoms with van der Waals surface area (Å²) in [5.74, 6) is 0. The topological polar surface area (TPSA) is 0 Å². The highest BCUT2D eigenvalue weighted by atomic mass is 31.2. The molecule has 0 N–H and O–H groups in total. The maximum Gasteiger partial charge on any atom is 0.0594 e. The van der Waals surface area contributed by atoms with Gasteiger partial charge < -0.3 is 0 Å². The molecule has 0 aliphatic carbocycles. The van der Waals surface area contributed by atoms with E-state index in [2.05, 4.69) is 27.7 Å². The van der Waals surface area contributed by atoms with Crippen LogP contribution < -0.4 is 0 Å². The molecule has 0 spiro atoms. The van der Waals surface area contributed by atoms with Crippen molar-refractivity contribution in [2.75, 3.05) is 24.6 Å². The summed E-state index contributed by atoms with van der Waals surface area (Å²) in [4.78, 5) is 0. The Morgan fingerprint density at radius 1 is 0.562 bits per heavy atom. The van der Waals surface area contributed by atoms with Gasteiger partial charge in [0.15, 0.2) is 0 Å². The maximum atomic E-state index is 2.45. The van der Waals surface area contributed by atoms with Gasteiger partial charge in [-0.15, -0.1) is 0 Å². The van der Waals surface area contributed by atoms with E-state index >= 15 is 0 Å². The van der Waals surface area contributed by atoms with Crippen LogP contribution in [0.15, 0.2) is 0 Å². The van der Waals surface area contributed by atoms with Gasteiger partial charge in [0.25, 0.3) is 0 Å². The fourth-order valence-electron chi connectivity index (χ4n) is 2.81. The van der Waals surface area contributed by atoms with Crippen LogP contribution in [0.1, 0.15) is 72.6 Å². The van der Waals surface area contributed by atoms with E-state index in [-0.39, 0.29) is 0 Å². The molecule has 0 fully saturated rings. The molecule has 0 bridgehead atoms. The minimum atomic E-state index is -0.526. The zero-order chi connectivity index (χ0) is 12.3.